The van der Waals surface area contributed by atoms with E-state index >= 15 is 0 Å². The molecule has 1 aliphatic heterocycles. The molecule has 0 aliphatic carbocycles. The van der Waals surface area contributed by atoms with Crippen molar-refractivity contribution in [1.82, 2.24) is 19.4 Å². The molecule has 42 heavy (non-hydrogen) atoms. The average molecular weight is 619 g/mol. The first-order valence-corrected chi connectivity index (χ1v) is 12.9. The van der Waals surface area contributed by atoms with Crippen molar-refractivity contribution in [2.75, 3.05) is 23.3 Å². The molecule has 0 bridgehead atoms. The number of carbonyl (C=O) groups is 1. The van der Waals surface area contributed by atoms with Gasteiger partial charge in [-0.25, -0.2) is 28.5 Å². The van der Waals surface area contributed by atoms with Gasteiger partial charge in [0.15, 0.2) is 5.69 Å². The Morgan fingerprint density at radius 1 is 1.10 bits per heavy atom. The third-order valence-electron chi connectivity index (χ3n) is 7.02. The first kappa shape index (κ1) is 29.6. The number of fused-ring (bicyclic) bond motifs is 3. The summed E-state index contributed by atoms with van der Waals surface area (Å²) in [7, 11) is 0. The Kier molecular flexibility index (Phi) is 7.15. The van der Waals surface area contributed by atoms with Crippen LogP contribution in [0.4, 0.5) is 42.4 Å². The lowest BCUT2D eigenvalue weighted by Gasteiger charge is -2.33. The van der Waals surface area contributed by atoms with Gasteiger partial charge in [-0.15, -0.1) is 0 Å². The lowest BCUT2D eigenvalue weighted by Crippen LogP contribution is -2.40. The molecule has 1 atom stereocenters. The first-order valence-electron chi connectivity index (χ1n) is 12.6. The fraction of sp³-hybridized carbons (Fsp3) is 0.385. The number of aryl methyl sites for hydroxylation is 1. The number of aromatic nitrogens is 4. The second kappa shape index (κ2) is 10.1. The van der Waals surface area contributed by atoms with Gasteiger partial charge in [0.1, 0.15) is 16.5 Å². The van der Waals surface area contributed by atoms with E-state index in [-0.39, 0.29) is 52.1 Å². The number of nitrogens with one attached hydrogen (secondary N) is 1. The summed E-state index contributed by atoms with van der Waals surface area (Å²) in [6.07, 6.45) is -6.56. The number of imidazole rings is 1. The molecule has 5 rings (SSSR count). The van der Waals surface area contributed by atoms with E-state index in [0.717, 1.165) is 4.40 Å². The predicted octanol–water partition coefficient (Wildman–Crippen LogP) is 7.00. The molecule has 224 valence electrons. The molecule has 0 amide bonds. The van der Waals surface area contributed by atoms with Gasteiger partial charge in [-0.2, -0.15) is 22.0 Å². The van der Waals surface area contributed by atoms with Gasteiger partial charge < -0.3 is 15.3 Å². The molecule has 4 heterocycles. The number of halogens is 8. The fourth-order valence-corrected chi connectivity index (χ4v) is 5.04. The number of anilines is 2. The van der Waals surface area contributed by atoms with Crippen LogP contribution in [0, 0.1) is 6.92 Å². The number of hydrogen-bond acceptors (Lipinski definition) is 6. The zero-order chi connectivity index (χ0) is 30.8. The molecule has 8 nitrogen and oxygen atoms in total. The Bertz CT molecular complexity index is 1700. The molecule has 16 heteroatoms. The fourth-order valence-electron chi connectivity index (χ4n) is 4.89. The summed E-state index contributed by atoms with van der Waals surface area (Å²) in [4.78, 5) is 25.2. The lowest BCUT2D eigenvalue weighted by molar-refractivity contribution is -0.290. The summed E-state index contributed by atoms with van der Waals surface area (Å²) in [5.41, 5.74) is -0.991. The minimum Gasteiger partial charge on any atom is -0.476 e. The number of rotatable bonds is 6. The van der Waals surface area contributed by atoms with Crippen molar-refractivity contribution in [2.45, 2.75) is 50.8 Å². The van der Waals surface area contributed by atoms with E-state index in [4.69, 9.17) is 11.6 Å². The molecule has 0 spiro atoms. The molecule has 0 unspecified atom stereocenters. The van der Waals surface area contributed by atoms with Crippen LogP contribution in [0.3, 0.4) is 0 Å². The van der Waals surface area contributed by atoms with Gasteiger partial charge >= 0.3 is 18.1 Å². The highest BCUT2D eigenvalue weighted by molar-refractivity contribution is 6.29. The van der Waals surface area contributed by atoms with E-state index in [1.165, 1.54) is 23.1 Å². The summed E-state index contributed by atoms with van der Waals surface area (Å²) < 4.78 is 97.6. The normalized spacial score (nSPS) is 16.7. The van der Waals surface area contributed by atoms with Crippen LogP contribution in [0.25, 0.3) is 16.6 Å². The van der Waals surface area contributed by atoms with Gasteiger partial charge in [0.2, 0.25) is 5.95 Å². The first-order chi connectivity index (χ1) is 19.5. The van der Waals surface area contributed by atoms with Crippen molar-refractivity contribution in [2.24, 2.45) is 0 Å². The third-order valence-corrected chi connectivity index (χ3v) is 7.23. The smallest absolute Gasteiger partial charge is 0.459 e. The summed E-state index contributed by atoms with van der Waals surface area (Å²) in [5, 5.41) is 12.6. The molecular formula is C26H22ClF7N6O2. The van der Waals surface area contributed by atoms with Crippen LogP contribution in [0.1, 0.15) is 53.1 Å². The number of piperidine rings is 1. The molecule has 1 saturated heterocycles. The van der Waals surface area contributed by atoms with Crippen LogP contribution in [0.5, 0.6) is 0 Å². The van der Waals surface area contributed by atoms with Crippen LogP contribution in [0.2, 0.25) is 5.15 Å². The summed E-state index contributed by atoms with van der Waals surface area (Å²) in [6, 6.07) is 5.24. The number of benzene rings is 1. The second-order valence-corrected chi connectivity index (χ2v) is 10.5. The van der Waals surface area contributed by atoms with Crippen LogP contribution in [0.15, 0.2) is 30.5 Å². The molecule has 0 saturated carbocycles. The SMILES string of the molecule is Cc1cc([C@@H](C)Nc2ccc(Cl)nc2C(=O)O)c2nc(N3CCC(F)(F)CC3)n3cc(C(F)(F)C(F)(F)F)nc3c2c1. The number of carboxylic acids is 1. The Hall–Kier alpha value is -3.88. The summed E-state index contributed by atoms with van der Waals surface area (Å²) in [6.45, 7) is 2.83. The minimum absolute atomic E-state index is 0.0572. The quantitative estimate of drug-likeness (QED) is 0.177. The maximum Gasteiger partial charge on any atom is 0.459 e. The number of carboxylic acid groups (broad SMARTS) is 1. The average Bonchev–Trinajstić information content (AvgIpc) is 3.35. The molecule has 1 fully saturated rings. The Morgan fingerprint density at radius 2 is 1.76 bits per heavy atom. The highest BCUT2D eigenvalue weighted by atomic mass is 35.5. The van der Waals surface area contributed by atoms with Gasteiger partial charge in [0.05, 0.1) is 17.2 Å². The number of alkyl halides is 7. The lowest BCUT2D eigenvalue weighted by atomic mass is 10.0. The molecule has 2 N–H and O–H groups in total. The van der Waals surface area contributed by atoms with Crippen LogP contribution < -0.4 is 10.2 Å². The van der Waals surface area contributed by atoms with Gasteiger partial charge in [-0.3, -0.25) is 4.40 Å². The van der Waals surface area contributed by atoms with Crippen LogP contribution in [-0.2, 0) is 5.92 Å². The van der Waals surface area contributed by atoms with Crippen molar-refractivity contribution in [3.8, 4) is 0 Å². The van der Waals surface area contributed by atoms with Crippen molar-refractivity contribution in [1.29, 1.82) is 0 Å². The number of hydrogen-bond donors (Lipinski definition) is 2. The zero-order valence-corrected chi connectivity index (χ0v) is 22.7. The summed E-state index contributed by atoms with van der Waals surface area (Å²) in [5.74, 6) is -9.76. The molecule has 1 aromatic carbocycles. The Morgan fingerprint density at radius 3 is 2.38 bits per heavy atom. The molecule has 1 aliphatic rings. The van der Waals surface area contributed by atoms with Gasteiger partial charge in [0.25, 0.3) is 5.92 Å². The summed E-state index contributed by atoms with van der Waals surface area (Å²) >= 11 is 5.84. The standard InChI is InChI=1S/C26H22ClF7N6O2/c1-12-9-14(13(2)35-16-3-4-18(27)37-20(16)22(41)42)19-15(10-12)21-36-17(25(30,31)26(32,33)34)11-40(21)23(38-19)39-7-5-24(28,29)6-8-39/h3-4,9-11,13,35H,5-8H2,1-2H3,(H,41,42)/t13-/m1/s1. The number of aromatic carboxylic acids is 1. The minimum atomic E-state index is -5.94. The van der Waals surface area contributed by atoms with Crippen molar-refractivity contribution in [3.63, 3.8) is 0 Å². The topological polar surface area (TPSA) is 95.6 Å². The Balaban J connectivity index is 1.72. The van der Waals surface area contributed by atoms with Gasteiger partial charge in [-0.05, 0) is 37.6 Å². The largest absolute Gasteiger partial charge is 0.476 e. The van der Waals surface area contributed by atoms with Crippen molar-refractivity contribution in [3.05, 3.63) is 58.1 Å². The van der Waals surface area contributed by atoms with Gasteiger partial charge in [-0.1, -0.05) is 17.7 Å². The van der Waals surface area contributed by atoms with Crippen molar-refractivity contribution >= 4 is 45.8 Å². The maximum absolute atomic E-state index is 14.4. The number of nitrogens with zero attached hydrogens (tertiary/aromatic N) is 5. The maximum atomic E-state index is 14.4. The van der Waals surface area contributed by atoms with E-state index in [0.29, 0.717) is 17.3 Å². The zero-order valence-electron chi connectivity index (χ0n) is 21.9. The molecule has 4 aromatic rings. The third kappa shape index (κ3) is 5.25. The van der Waals surface area contributed by atoms with E-state index in [1.54, 1.807) is 19.9 Å². The van der Waals surface area contributed by atoms with E-state index in [2.05, 4.69) is 20.3 Å². The Labute approximate surface area is 238 Å². The van der Waals surface area contributed by atoms with Crippen LogP contribution >= 0.6 is 11.6 Å². The van der Waals surface area contributed by atoms with Crippen molar-refractivity contribution < 1.29 is 40.6 Å². The molecular weight excluding hydrogens is 597 g/mol. The highest BCUT2D eigenvalue weighted by Crippen LogP contribution is 2.44. The monoisotopic (exact) mass is 618 g/mol. The van der Waals surface area contributed by atoms with E-state index in [1.807, 2.05) is 0 Å². The van der Waals surface area contributed by atoms with E-state index < -0.39 is 48.6 Å². The van der Waals surface area contributed by atoms with E-state index in [9.17, 15) is 40.6 Å². The van der Waals surface area contributed by atoms with Gasteiger partial charge in [0, 0.05) is 43.1 Å². The van der Waals surface area contributed by atoms with Crippen LogP contribution in [-0.4, -0.2) is 55.6 Å². The molecule has 0 radical (unpaired) electrons. The second-order valence-electron chi connectivity index (χ2n) is 10.1. The number of pyridine rings is 1. The highest BCUT2D eigenvalue weighted by Gasteiger charge is 2.60. The predicted molar refractivity (Wildman–Crippen MR) is 140 cm³/mol. The molecule has 3 aromatic heterocycles.